The van der Waals surface area contributed by atoms with E-state index in [1.807, 2.05) is 30.5 Å². The van der Waals surface area contributed by atoms with E-state index in [4.69, 9.17) is 0 Å². The average Bonchev–Trinajstić information content (AvgIpc) is 3.15. The zero-order chi connectivity index (χ0) is 21.4. The van der Waals surface area contributed by atoms with Crippen molar-refractivity contribution >= 4 is 16.9 Å². The van der Waals surface area contributed by atoms with Gasteiger partial charge in [-0.15, -0.1) is 0 Å². The van der Waals surface area contributed by atoms with E-state index in [0.29, 0.717) is 5.56 Å². The predicted molar refractivity (Wildman–Crippen MR) is 120 cm³/mol. The molecule has 0 radical (unpaired) electrons. The molecule has 1 amide bonds. The van der Waals surface area contributed by atoms with Gasteiger partial charge in [-0.25, -0.2) is 0 Å². The molecular formula is C25H25N5O. The van der Waals surface area contributed by atoms with E-state index >= 15 is 0 Å². The van der Waals surface area contributed by atoms with Gasteiger partial charge in [0.1, 0.15) is 0 Å². The molecule has 1 unspecified atom stereocenters. The van der Waals surface area contributed by atoms with Crippen LogP contribution in [0.2, 0.25) is 0 Å². The van der Waals surface area contributed by atoms with Crippen molar-refractivity contribution in [2.45, 2.75) is 39.3 Å². The van der Waals surface area contributed by atoms with Gasteiger partial charge in [-0.3, -0.25) is 19.4 Å². The van der Waals surface area contributed by atoms with Gasteiger partial charge in [-0.1, -0.05) is 44.2 Å². The summed E-state index contributed by atoms with van der Waals surface area (Å²) in [7, 11) is 0. The molecule has 4 aromatic rings. The van der Waals surface area contributed by atoms with E-state index in [2.05, 4.69) is 51.0 Å². The van der Waals surface area contributed by atoms with Crippen molar-refractivity contribution < 1.29 is 4.79 Å². The van der Waals surface area contributed by atoms with E-state index in [1.54, 1.807) is 24.5 Å². The third kappa shape index (κ3) is 3.93. The van der Waals surface area contributed by atoms with Gasteiger partial charge in [0.05, 0.1) is 29.8 Å². The lowest BCUT2D eigenvalue weighted by molar-refractivity contribution is 0.0919. The molecule has 0 bridgehead atoms. The molecule has 2 aromatic heterocycles. The van der Waals surface area contributed by atoms with Crippen molar-refractivity contribution in [2.24, 2.45) is 5.41 Å². The van der Waals surface area contributed by atoms with Gasteiger partial charge in [0, 0.05) is 29.2 Å². The normalized spacial score (nSPS) is 17.3. The van der Waals surface area contributed by atoms with Crippen LogP contribution < -0.4 is 5.32 Å². The van der Waals surface area contributed by atoms with Crippen LogP contribution in [0.5, 0.6) is 0 Å². The van der Waals surface area contributed by atoms with Crippen LogP contribution in [0.1, 0.15) is 53.5 Å². The molecular weight excluding hydrogens is 386 g/mol. The number of carbonyl (C=O) groups excluding carboxylic acids is 1. The minimum absolute atomic E-state index is 0.0638. The molecule has 2 aromatic carbocycles. The molecule has 5 rings (SSSR count). The quantitative estimate of drug-likeness (QED) is 0.543. The maximum absolute atomic E-state index is 13.1. The summed E-state index contributed by atoms with van der Waals surface area (Å²) in [4.78, 5) is 21.7. The Morgan fingerprint density at radius 3 is 2.68 bits per heavy atom. The van der Waals surface area contributed by atoms with Crippen LogP contribution in [0, 0.1) is 5.41 Å². The van der Waals surface area contributed by atoms with Gasteiger partial charge in [-0.05, 0) is 42.0 Å². The lowest BCUT2D eigenvalue weighted by atomic mass is 9.74. The molecule has 1 aliphatic carbocycles. The SMILES string of the molecule is CC1(C)Cc2c(cnn2Cc2ccccc2)C(NC(=O)c2ccc3nccnc3c2)C1. The Morgan fingerprint density at radius 1 is 1.10 bits per heavy atom. The Bertz CT molecular complexity index is 1250. The van der Waals surface area contributed by atoms with Crippen LogP contribution in [0.15, 0.2) is 67.1 Å². The van der Waals surface area contributed by atoms with Crippen LogP contribution in [0.3, 0.4) is 0 Å². The van der Waals surface area contributed by atoms with E-state index in [9.17, 15) is 4.79 Å². The van der Waals surface area contributed by atoms with E-state index in [0.717, 1.165) is 36.0 Å². The Labute approximate surface area is 181 Å². The summed E-state index contributed by atoms with van der Waals surface area (Å²) in [6, 6.07) is 15.7. The van der Waals surface area contributed by atoms with E-state index in [-0.39, 0.29) is 17.4 Å². The predicted octanol–water partition coefficient (Wildman–Crippen LogP) is 4.32. The van der Waals surface area contributed by atoms with Crippen LogP contribution in [0.25, 0.3) is 11.0 Å². The van der Waals surface area contributed by atoms with Gasteiger partial charge in [-0.2, -0.15) is 5.10 Å². The first-order valence-corrected chi connectivity index (χ1v) is 10.6. The maximum atomic E-state index is 13.1. The Morgan fingerprint density at radius 2 is 1.87 bits per heavy atom. The number of carbonyl (C=O) groups is 1. The first-order valence-electron chi connectivity index (χ1n) is 10.6. The summed E-state index contributed by atoms with van der Waals surface area (Å²) >= 11 is 0. The second-order valence-electron chi connectivity index (χ2n) is 9.02. The molecule has 0 spiro atoms. The van der Waals surface area contributed by atoms with E-state index in [1.165, 1.54) is 11.3 Å². The van der Waals surface area contributed by atoms with Gasteiger partial charge in [0.25, 0.3) is 5.91 Å². The van der Waals surface area contributed by atoms with Crippen LogP contribution in [-0.4, -0.2) is 25.7 Å². The van der Waals surface area contributed by atoms with Gasteiger partial charge in [0.15, 0.2) is 0 Å². The summed E-state index contributed by atoms with van der Waals surface area (Å²) < 4.78 is 2.08. The highest BCUT2D eigenvalue weighted by Gasteiger charge is 2.35. The van der Waals surface area contributed by atoms with Gasteiger partial charge in [0.2, 0.25) is 0 Å². The fraction of sp³-hybridized carbons (Fsp3) is 0.280. The highest BCUT2D eigenvalue weighted by atomic mass is 16.1. The summed E-state index contributed by atoms with van der Waals surface area (Å²) in [5, 5.41) is 7.93. The number of nitrogens with zero attached hydrogens (tertiary/aromatic N) is 4. The monoisotopic (exact) mass is 411 g/mol. The largest absolute Gasteiger partial charge is 0.345 e. The number of amides is 1. The van der Waals surface area contributed by atoms with Crippen LogP contribution >= 0.6 is 0 Å². The number of aromatic nitrogens is 4. The van der Waals surface area contributed by atoms with Crippen molar-refractivity contribution in [1.29, 1.82) is 0 Å². The summed E-state index contributed by atoms with van der Waals surface area (Å²) in [6.07, 6.45) is 7.02. The number of benzene rings is 2. The molecule has 156 valence electrons. The van der Waals surface area contributed by atoms with Crippen molar-refractivity contribution in [3.63, 3.8) is 0 Å². The number of nitrogens with one attached hydrogen (secondary N) is 1. The molecule has 2 heterocycles. The topological polar surface area (TPSA) is 72.7 Å². The fourth-order valence-corrected chi connectivity index (χ4v) is 4.47. The zero-order valence-corrected chi connectivity index (χ0v) is 17.7. The lowest BCUT2D eigenvalue weighted by Gasteiger charge is -2.36. The summed E-state index contributed by atoms with van der Waals surface area (Å²) in [6.45, 7) is 5.23. The Kier molecular flexibility index (Phi) is 4.77. The second kappa shape index (κ2) is 7.61. The molecule has 1 atom stereocenters. The highest BCUT2D eigenvalue weighted by molar-refractivity contribution is 5.97. The minimum atomic E-state index is -0.1000. The number of rotatable bonds is 4. The highest BCUT2D eigenvalue weighted by Crippen LogP contribution is 2.41. The average molecular weight is 412 g/mol. The van der Waals surface area contributed by atoms with Crippen LogP contribution in [0.4, 0.5) is 0 Å². The third-order valence-electron chi connectivity index (χ3n) is 5.97. The summed E-state index contributed by atoms with van der Waals surface area (Å²) in [5.74, 6) is -0.1000. The van der Waals surface area contributed by atoms with Gasteiger partial charge < -0.3 is 5.32 Å². The van der Waals surface area contributed by atoms with Crippen molar-refractivity contribution in [2.75, 3.05) is 0 Å². The first-order chi connectivity index (χ1) is 15.0. The number of fused-ring (bicyclic) bond motifs is 2. The number of hydrogen-bond acceptors (Lipinski definition) is 4. The molecule has 0 saturated heterocycles. The Hall–Kier alpha value is -3.54. The van der Waals surface area contributed by atoms with E-state index < -0.39 is 0 Å². The maximum Gasteiger partial charge on any atom is 0.251 e. The molecule has 6 heteroatoms. The molecule has 1 N–H and O–H groups in total. The van der Waals surface area contributed by atoms with Crippen molar-refractivity contribution in [3.8, 4) is 0 Å². The standard InChI is InChI=1S/C25H25N5O/c1-25(2)13-22(29-24(31)18-8-9-20-21(12-18)27-11-10-26-20)19-15-28-30(23(19)14-25)16-17-6-4-3-5-7-17/h3-12,15,22H,13-14,16H2,1-2H3,(H,29,31). The first kappa shape index (κ1) is 19.4. The lowest BCUT2D eigenvalue weighted by Crippen LogP contribution is -2.37. The summed E-state index contributed by atoms with van der Waals surface area (Å²) in [5.41, 5.74) is 5.69. The van der Waals surface area contributed by atoms with Gasteiger partial charge >= 0.3 is 0 Å². The zero-order valence-electron chi connectivity index (χ0n) is 17.7. The molecule has 6 nitrogen and oxygen atoms in total. The van der Waals surface area contributed by atoms with Crippen LogP contribution in [-0.2, 0) is 13.0 Å². The third-order valence-corrected chi connectivity index (χ3v) is 5.97. The van der Waals surface area contributed by atoms with Crippen molar-refractivity contribution in [1.82, 2.24) is 25.1 Å². The molecule has 0 saturated carbocycles. The fourth-order valence-electron chi connectivity index (χ4n) is 4.47. The molecule has 0 aliphatic heterocycles. The van der Waals surface area contributed by atoms with Crippen molar-refractivity contribution in [3.05, 3.63) is 89.5 Å². The molecule has 1 aliphatic rings. The molecule has 31 heavy (non-hydrogen) atoms. The molecule has 0 fully saturated rings. The second-order valence-corrected chi connectivity index (χ2v) is 9.02. The minimum Gasteiger partial charge on any atom is -0.345 e. The smallest absolute Gasteiger partial charge is 0.251 e. The number of hydrogen-bond donors (Lipinski definition) is 1. The Balaban J connectivity index is 1.42.